The van der Waals surface area contributed by atoms with Crippen molar-refractivity contribution in [3.8, 4) is 22.5 Å². The topological polar surface area (TPSA) is 70.9 Å². The molecule has 0 amide bonds. The second-order valence-corrected chi connectivity index (χ2v) is 9.41. The van der Waals surface area contributed by atoms with Crippen LogP contribution in [0.25, 0.3) is 28.2 Å². The maximum absolute atomic E-state index is 4.75. The highest BCUT2D eigenvalue weighted by Crippen LogP contribution is 2.38. The van der Waals surface area contributed by atoms with Gasteiger partial charge in [0.1, 0.15) is 6.33 Å². The molecule has 0 bridgehead atoms. The maximum atomic E-state index is 4.75. The van der Waals surface area contributed by atoms with Crippen LogP contribution < -0.4 is 5.32 Å². The fourth-order valence-corrected chi connectivity index (χ4v) is 5.21. The van der Waals surface area contributed by atoms with Gasteiger partial charge in [-0.05, 0) is 74.2 Å². The maximum Gasteiger partial charge on any atom is 0.158 e. The highest BCUT2D eigenvalue weighted by Gasteiger charge is 2.23. The van der Waals surface area contributed by atoms with Crippen LogP contribution in [-0.2, 0) is 0 Å². The molecule has 1 saturated carbocycles. The van der Waals surface area contributed by atoms with Crippen LogP contribution in [0.3, 0.4) is 0 Å². The van der Waals surface area contributed by atoms with Gasteiger partial charge < -0.3 is 5.32 Å². The smallest absolute Gasteiger partial charge is 0.158 e. The first kappa shape index (κ1) is 20.9. The average molecular weight is 429 g/mol. The second-order valence-electron chi connectivity index (χ2n) is 9.41. The summed E-state index contributed by atoms with van der Waals surface area (Å²) in [7, 11) is 2.08. The molecule has 1 aromatic carbocycles. The largest absolute Gasteiger partial charge is 0.317 e. The minimum absolute atomic E-state index is 0.335. The normalized spacial score (nSPS) is 19.2. The lowest BCUT2D eigenvalue weighted by atomic mass is 9.81. The summed E-state index contributed by atoms with van der Waals surface area (Å²) < 4.78 is 1.83. The van der Waals surface area contributed by atoms with Crippen LogP contribution in [0.2, 0.25) is 0 Å². The van der Waals surface area contributed by atoms with Gasteiger partial charge in [0.05, 0.1) is 11.4 Å². The number of pyridine rings is 1. The van der Waals surface area contributed by atoms with E-state index in [1.807, 2.05) is 10.7 Å². The Kier molecular flexibility index (Phi) is 5.55. The second kappa shape index (κ2) is 8.51. The van der Waals surface area contributed by atoms with Crippen LogP contribution in [0.5, 0.6) is 0 Å². The van der Waals surface area contributed by atoms with Crippen molar-refractivity contribution in [2.75, 3.05) is 7.05 Å². The van der Waals surface area contributed by atoms with Crippen LogP contribution in [0.4, 0.5) is 0 Å². The summed E-state index contributed by atoms with van der Waals surface area (Å²) in [5.74, 6) is 1.01. The third-order valence-electron chi connectivity index (χ3n) is 7.02. The summed E-state index contributed by atoms with van der Waals surface area (Å²) in [6.45, 7) is 6.53. The molecule has 1 fully saturated rings. The van der Waals surface area contributed by atoms with E-state index in [4.69, 9.17) is 5.10 Å². The molecule has 6 nitrogen and oxygen atoms in total. The van der Waals surface area contributed by atoms with Gasteiger partial charge >= 0.3 is 0 Å². The molecule has 4 aromatic rings. The van der Waals surface area contributed by atoms with E-state index >= 15 is 0 Å². The van der Waals surface area contributed by atoms with Crippen LogP contribution in [0.15, 0.2) is 42.9 Å². The standard InChI is InChI=1S/C26H32N6/c1-16(2)23-24(20-7-5-18(6-8-20)19-9-11-22(27-4)12-10-19)30-31-25(23)21-13-17(3)26-28-15-29-32(26)14-21/h5-8,13-16,19,22,27H,9-12H2,1-4H3,(H,30,31). The van der Waals surface area contributed by atoms with E-state index in [1.165, 1.54) is 42.4 Å². The summed E-state index contributed by atoms with van der Waals surface area (Å²) >= 11 is 0. The average Bonchev–Trinajstić information content (AvgIpc) is 3.47. The minimum atomic E-state index is 0.335. The Morgan fingerprint density at radius 1 is 1.06 bits per heavy atom. The molecule has 1 aliphatic carbocycles. The SMILES string of the molecule is CNC1CCC(c2ccc(-c3[nH]nc(-c4cc(C)c5ncnn5c4)c3C(C)C)cc2)CC1. The summed E-state index contributed by atoms with van der Waals surface area (Å²) in [5, 5.41) is 15.9. The van der Waals surface area contributed by atoms with Crippen LogP contribution in [0, 0.1) is 6.92 Å². The summed E-state index contributed by atoms with van der Waals surface area (Å²) in [6.07, 6.45) is 8.67. The zero-order chi connectivity index (χ0) is 22.2. The zero-order valence-electron chi connectivity index (χ0n) is 19.4. The number of H-pyrrole nitrogens is 1. The van der Waals surface area contributed by atoms with E-state index in [0.29, 0.717) is 17.9 Å². The molecular weight excluding hydrogens is 396 g/mol. The van der Waals surface area contributed by atoms with Gasteiger partial charge in [0.15, 0.2) is 5.65 Å². The van der Waals surface area contributed by atoms with Gasteiger partial charge in [-0.25, -0.2) is 9.50 Å². The molecule has 0 unspecified atom stereocenters. The summed E-state index contributed by atoms with van der Waals surface area (Å²) in [6, 6.07) is 12.0. The molecule has 3 aromatic heterocycles. The van der Waals surface area contributed by atoms with Gasteiger partial charge in [-0.2, -0.15) is 10.2 Å². The molecule has 5 rings (SSSR count). The van der Waals surface area contributed by atoms with Crippen LogP contribution >= 0.6 is 0 Å². The van der Waals surface area contributed by atoms with Crippen molar-refractivity contribution in [1.82, 2.24) is 30.1 Å². The monoisotopic (exact) mass is 428 g/mol. The summed E-state index contributed by atoms with van der Waals surface area (Å²) in [5.41, 5.74) is 9.03. The zero-order valence-corrected chi connectivity index (χ0v) is 19.4. The number of aromatic nitrogens is 5. The first-order valence-electron chi connectivity index (χ1n) is 11.7. The number of hydrogen-bond acceptors (Lipinski definition) is 4. The highest BCUT2D eigenvalue weighted by atomic mass is 15.3. The molecule has 0 aliphatic heterocycles. The van der Waals surface area contributed by atoms with Crippen LogP contribution in [0.1, 0.15) is 68.1 Å². The van der Waals surface area contributed by atoms with E-state index in [9.17, 15) is 0 Å². The third-order valence-corrected chi connectivity index (χ3v) is 7.02. The lowest BCUT2D eigenvalue weighted by molar-refractivity contribution is 0.359. The van der Waals surface area contributed by atoms with E-state index in [2.05, 4.69) is 78.6 Å². The fraction of sp³-hybridized carbons (Fsp3) is 0.423. The molecule has 32 heavy (non-hydrogen) atoms. The minimum Gasteiger partial charge on any atom is -0.317 e. The Morgan fingerprint density at radius 2 is 1.81 bits per heavy atom. The number of rotatable bonds is 5. The number of nitrogens with zero attached hydrogens (tertiary/aromatic N) is 4. The molecule has 6 heteroatoms. The number of aryl methyl sites for hydroxylation is 1. The van der Waals surface area contributed by atoms with Gasteiger partial charge in [0.25, 0.3) is 0 Å². The van der Waals surface area contributed by atoms with E-state index in [0.717, 1.165) is 28.2 Å². The van der Waals surface area contributed by atoms with Gasteiger partial charge in [-0.1, -0.05) is 38.1 Å². The fourth-order valence-electron chi connectivity index (χ4n) is 5.21. The van der Waals surface area contributed by atoms with Gasteiger partial charge in [0, 0.05) is 23.4 Å². The first-order valence-corrected chi connectivity index (χ1v) is 11.7. The van der Waals surface area contributed by atoms with Crippen molar-refractivity contribution in [3.63, 3.8) is 0 Å². The Balaban J connectivity index is 1.47. The molecule has 0 saturated heterocycles. The van der Waals surface area contributed by atoms with Crippen molar-refractivity contribution in [3.05, 3.63) is 59.5 Å². The van der Waals surface area contributed by atoms with Gasteiger partial charge in [0.2, 0.25) is 0 Å². The van der Waals surface area contributed by atoms with Crippen molar-refractivity contribution in [1.29, 1.82) is 0 Å². The number of hydrogen-bond donors (Lipinski definition) is 2. The van der Waals surface area contributed by atoms with E-state index in [1.54, 1.807) is 6.33 Å². The van der Waals surface area contributed by atoms with Crippen molar-refractivity contribution >= 4 is 5.65 Å². The Labute approximate surface area is 189 Å². The molecule has 1 aliphatic rings. The predicted molar refractivity (Wildman–Crippen MR) is 129 cm³/mol. The van der Waals surface area contributed by atoms with Gasteiger partial charge in [-0.3, -0.25) is 5.10 Å². The van der Waals surface area contributed by atoms with Crippen molar-refractivity contribution in [2.24, 2.45) is 0 Å². The lowest BCUT2D eigenvalue weighted by Gasteiger charge is -2.28. The van der Waals surface area contributed by atoms with Crippen molar-refractivity contribution < 1.29 is 0 Å². The van der Waals surface area contributed by atoms with Crippen molar-refractivity contribution in [2.45, 2.75) is 64.3 Å². The Morgan fingerprint density at radius 3 is 2.50 bits per heavy atom. The highest BCUT2D eigenvalue weighted by molar-refractivity contribution is 5.76. The number of nitrogens with one attached hydrogen (secondary N) is 2. The Hall–Kier alpha value is -2.99. The molecule has 3 heterocycles. The Bertz CT molecular complexity index is 1210. The van der Waals surface area contributed by atoms with E-state index < -0.39 is 0 Å². The summed E-state index contributed by atoms with van der Waals surface area (Å²) in [4.78, 5) is 4.34. The van der Waals surface area contributed by atoms with E-state index in [-0.39, 0.29) is 0 Å². The molecule has 0 spiro atoms. The van der Waals surface area contributed by atoms with Gasteiger partial charge in [-0.15, -0.1) is 0 Å². The predicted octanol–water partition coefficient (Wildman–Crippen LogP) is 5.46. The molecular formula is C26H32N6. The third kappa shape index (κ3) is 3.73. The number of aromatic amines is 1. The number of fused-ring (bicyclic) bond motifs is 1. The molecule has 0 atom stereocenters. The number of benzene rings is 1. The van der Waals surface area contributed by atoms with Crippen LogP contribution in [-0.4, -0.2) is 37.9 Å². The molecule has 0 radical (unpaired) electrons. The quantitative estimate of drug-likeness (QED) is 0.443. The molecule has 166 valence electrons. The first-order chi connectivity index (χ1) is 15.5. The molecule has 2 N–H and O–H groups in total. The lowest BCUT2D eigenvalue weighted by Crippen LogP contribution is -2.29.